The predicted octanol–water partition coefficient (Wildman–Crippen LogP) is 3.67. The van der Waals surface area contributed by atoms with Crippen molar-refractivity contribution in [2.24, 2.45) is 7.05 Å². The average Bonchev–Trinajstić information content (AvgIpc) is 3.28. The summed E-state index contributed by atoms with van der Waals surface area (Å²) in [6.07, 6.45) is 5.39. The van der Waals surface area contributed by atoms with Gasteiger partial charge in [-0.1, -0.05) is 13.0 Å². The molecule has 2 fully saturated rings. The Kier molecular flexibility index (Phi) is 5.34. The highest BCUT2D eigenvalue weighted by atomic mass is 16.5. The first-order valence-electron chi connectivity index (χ1n) is 11.9. The second-order valence-corrected chi connectivity index (χ2v) is 9.50. The predicted molar refractivity (Wildman–Crippen MR) is 128 cm³/mol. The molecule has 34 heavy (non-hydrogen) atoms. The fraction of sp³-hybridized carbons (Fsp3) is 0.462. The van der Waals surface area contributed by atoms with E-state index in [0.717, 1.165) is 16.8 Å². The Balaban J connectivity index is 1.49. The highest BCUT2D eigenvalue weighted by Gasteiger charge is 2.55. The van der Waals surface area contributed by atoms with Crippen LogP contribution in [0.25, 0.3) is 0 Å². The minimum atomic E-state index is -0.452. The van der Waals surface area contributed by atoms with E-state index < -0.39 is 5.54 Å². The lowest BCUT2D eigenvalue weighted by atomic mass is 9.82. The number of phenols is 1. The van der Waals surface area contributed by atoms with E-state index in [1.165, 1.54) is 0 Å². The summed E-state index contributed by atoms with van der Waals surface area (Å²) in [5, 5.41) is 10.7. The third kappa shape index (κ3) is 3.19. The summed E-state index contributed by atoms with van der Waals surface area (Å²) in [7, 11) is 3.45. The number of fused-ring (bicyclic) bond motifs is 3. The molecule has 8 nitrogen and oxygen atoms in total. The van der Waals surface area contributed by atoms with Crippen molar-refractivity contribution in [3.8, 4) is 11.5 Å². The van der Waals surface area contributed by atoms with Crippen molar-refractivity contribution in [2.75, 3.05) is 26.7 Å². The van der Waals surface area contributed by atoms with Crippen molar-refractivity contribution in [3.63, 3.8) is 0 Å². The zero-order valence-corrected chi connectivity index (χ0v) is 20.2. The van der Waals surface area contributed by atoms with E-state index in [1.807, 2.05) is 57.6 Å². The summed E-state index contributed by atoms with van der Waals surface area (Å²) in [4.78, 5) is 32.5. The van der Waals surface area contributed by atoms with E-state index in [1.54, 1.807) is 13.2 Å². The van der Waals surface area contributed by atoms with E-state index in [2.05, 4.69) is 13.0 Å². The third-order valence-corrected chi connectivity index (χ3v) is 7.75. The lowest BCUT2D eigenvalue weighted by Gasteiger charge is -2.44. The van der Waals surface area contributed by atoms with Crippen molar-refractivity contribution >= 4 is 11.9 Å². The first-order chi connectivity index (χ1) is 16.3. The molecule has 0 radical (unpaired) electrons. The van der Waals surface area contributed by atoms with Crippen LogP contribution in [0.4, 0.5) is 4.79 Å². The van der Waals surface area contributed by atoms with E-state index in [4.69, 9.17) is 4.74 Å². The molecule has 3 amide bonds. The minimum absolute atomic E-state index is 0.0154. The molecule has 0 saturated carbocycles. The van der Waals surface area contributed by atoms with Crippen LogP contribution in [-0.2, 0) is 13.6 Å². The Morgan fingerprint density at radius 2 is 2.00 bits per heavy atom. The van der Waals surface area contributed by atoms with Gasteiger partial charge >= 0.3 is 6.03 Å². The maximum Gasteiger partial charge on any atom is 0.325 e. The molecule has 2 saturated heterocycles. The molecule has 3 aliphatic rings. The number of rotatable bonds is 3. The number of amides is 3. The second-order valence-electron chi connectivity index (χ2n) is 9.50. The van der Waals surface area contributed by atoms with E-state index in [0.29, 0.717) is 50.5 Å². The SMILES string of the molecule is CCN1C(=O)N2Cc3cc(OC)cc(O)c3C(C)C=C2C12CCN(C(=O)c1cccn1C)CC2. The Morgan fingerprint density at radius 1 is 1.26 bits per heavy atom. The Morgan fingerprint density at radius 3 is 2.62 bits per heavy atom. The van der Waals surface area contributed by atoms with E-state index in [9.17, 15) is 14.7 Å². The molecule has 1 unspecified atom stereocenters. The topological polar surface area (TPSA) is 78.2 Å². The number of hydrogen-bond acceptors (Lipinski definition) is 4. The molecule has 4 heterocycles. The summed E-state index contributed by atoms with van der Waals surface area (Å²) >= 11 is 0. The summed E-state index contributed by atoms with van der Waals surface area (Å²) < 4.78 is 7.22. The number of likely N-dealkylation sites (N-methyl/N-ethyl adjacent to an activating group) is 1. The fourth-order valence-corrected chi connectivity index (χ4v) is 6.04. The van der Waals surface area contributed by atoms with Crippen molar-refractivity contribution in [3.05, 3.63) is 59.1 Å². The molecule has 1 aromatic heterocycles. The number of carbonyl (C=O) groups is 2. The van der Waals surface area contributed by atoms with Crippen LogP contribution in [0.5, 0.6) is 11.5 Å². The maximum absolute atomic E-state index is 13.6. The lowest BCUT2D eigenvalue weighted by molar-refractivity contribution is 0.0567. The van der Waals surface area contributed by atoms with Gasteiger partial charge in [0.1, 0.15) is 17.2 Å². The van der Waals surface area contributed by atoms with Crippen LogP contribution >= 0.6 is 0 Å². The standard InChI is InChI=1S/C26H32N4O4/c1-5-30-25(33)29-16-18-14-19(34-4)15-21(31)23(18)17(2)13-22(29)26(30)8-11-28(12-9-26)24(32)20-7-6-10-27(20)3/h6-7,10,13-15,17,31H,5,8-9,11-12,16H2,1-4H3. The smallest absolute Gasteiger partial charge is 0.325 e. The number of urea groups is 1. The van der Waals surface area contributed by atoms with Crippen LogP contribution in [0, 0.1) is 0 Å². The number of aromatic nitrogens is 1. The lowest BCUT2D eigenvalue weighted by Crippen LogP contribution is -2.54. The van der Waals surface area contributed by atoms with Gasteiger partial charge in [0, 0.05) is 56.1 Å². The molecule has 0 bridgehead atoms. The van der Waals surface area contributed by atoms with Crippen molar-refractivity contribution in [1.29, 1.82) is 0 Å². The number of hydrogen-bond donors (Lipinski definition) is 1. The Bertz CT molecular complexity index is 1180. The van der Waals surface area contributed by atoms with Gasteiger partial charge in [0.05, 0.1) is 19.2 Å². The number of methoxy groups -OCH3 is 1. The number of ether oxygens (including phenoxy) is 1. The molecule has 1 spiro atoms. The number of likely N-dealkylation sites (tertiary alicyclic amines) is 1. The number of allylic oxidation sites excluding steroid dienone is 1. The van der Waals surface area contributed by atoms with Crippen molar-refractivity contribution in [2.45, 2.75) is 44.7 Å². The molecule has 8 heteroatoms. The number of aromatic hydroxyl groups is 1. The molecule has 5 rings (SSSR count). The molecule has 1 atom stereocenters. The summed E-state index contributed by atoms with van der Waals surface area (Å²) in [6.45, 7) is 6.23. The average molecular weight is 465 g/mol. The first kappa shape index (κ1) is 22.4. The maximum atomic E-state index is 13.6. The zero-order valence-electron chi connectivity index (χ0n) is 20.2. The largest absolute Gasteiger partial charge is 0.507 e. The van der Waals surface area contributed by atoms with Crippen LogP contribution < -0.4 is 4.74 Å². The van der Waals surface area contributed by atoms with Gasteiger partial charge in [0.2, 0.25) is 0 Å². The molecular weight excluding hydrogens is 432 g/mol. The van der Waals surface area contributed by atoms with Crippen LogP contribution in [0.2, 0.25) is 0 Å². The van der Waals surface area contributed by atoms with Gasteiger partial charge in [0.15, 0.2) is 0 Å². The third-order valence-electron chi connectivity index (χ3n) is 7.75. The molecule has 1 N–H and O–H groups in total. The fourth-order valence-electron chi connectivity index (χ4n) is 6.04. The van der Waals surface area contributed by atoms with Gasteiger partial charge in [-0.05, 0) is 43.5 Å². The van der Waals surface area contributed by atoms with Gasteiger partial charge in [0.25, 0.3) is 5.91 Å². The second kappa shape index (κ2) is 8.11. The summed E-state index contributed by atoms with van der Waals surface area (Å²) in [5.41, 5.74) is 2.95. The van der Waals surface area contributed by atoms with E-state index in [-0.39, 0.29) is 23.6 Å². The van der Waals surface area contributed by atoms with Gasteiger partial charge in [-0.15, -0.1) is 0 Å². The Labute approximate surface area is 200 Å². The number of aryl methyl sites for hydroxylation is 1. The highest BCUT2D eigenvalue weighted by molar-refractivity contribution is 5.93. The monoisotopic (exact) mass is 464 g/mol. The van der Waals surface area contributed by atoms with Crippen molar-refractivity contribution < 1.29 is 19.4 Å². The van der Waals surface area contributed by atoms with Gasteiger partial charge in [-0.2, -0.15) is 0 Å². The van der Waals surface area contributed by atoms with Crippen LogP contribution in [-0.4, -0.2) is 68.6 Å². The number of phenolic OH excluding ortho intramolecular Hbond substituents is 1. The zero-order chi connectivity index (χ0) is 24.2. The number of carbonyl (C=O) groups excluding carboxylic acids is 2. The molecular formula is C26H32N4O4. The molecule has 1 aromatic carbocycles. The van der Waals surface area contributed by atoms with Crippen LogP contribution in [0.1, 0.15) is 54.2 Å². The molecule has 2 aromatic rings. The summed E-state index contributed by atoms with van der Waals surface area (Å²) in [5.74, 6) is 0.731. The normalized spacial score (nSPS) is 21.3. The van der Waals surface area contributed by atoms with Gasteiger partial charge in [-0.3, -0.25) is 9.69 Å². The molecule has 0 aliphatic carbocycles. The van der Waals surface area contributed by atoms with Crippen LogP contribution in [0.3, 0.4) is 0 Å². The summed E-state index contributed by atoms with van der Waals surface area (Å²) in [6, 6.07) is 7.26. The highest BCUT2D eigenvalue weighted by Crippen LogP contribution is 2.48. The van der Waals surface area contributed by atoms with E-state index >= 15 is 0 Å². The molecule has 3 aliphatic heterocycles. The Hall–Kier alpha value is -3.42. The minimum Gasteiger partial charge on any atom is -0.507 e. The van der Waals surface area contributed by atoms with Gasteiger partial charge < -0.3 is 24.2 Å². The quantitative estimate of drug-likeness (QED) is 0.752. The number of piperidine rings is 1. The number of nitrogens with zero attached hydrogens (tertiary/aromatic N) is 4. The number of benzene rings is 1. The van der Waals surface area contributed by atoms with Gasteiger partial charge in [-0.25, -0.2) is 4.79 Å². The van der Waals surface area contributed by atoms with Crippen molar-refractivity contribution in [1.82, 2.24) is 19.3 Å². The van der Waals surface area contributed by atoms with Crippen LogP contribution in [0.15, 0.2) is 42.2 Å². The first-order valence-corrected chi connectivity index (χ1v) is 11.9. The molecule has 180 valence electrons.